The molecule has 1 aromatic carbocycles. The lowest BCUT2D eigenvalue weighted by atomic mass is 9.98. The zero-order valence-corrected chi connectivity index (χ0v) is 13.7. The molecule has 0 fully saturated rings. The number of aromatic nitrogens is 3. The zero-order valence-electron chi connectivity index (χ0n) is 12.9. The number of imidazole rings is 1. The third-order valence-corrected chi connectivity index (χ3v) is 4.63. The van der Waals surface area contributed by atoms with Gasteiger partial charge in [0, 0.05) is 11.0 Å². The third kappa shape index (κ3) is 2.34. The van der Waals surface area contributed by atoms with Gasteiger partial charge in [-0.2, -0.15) is 14.9 Å². The highest BCUT2D eigenvalue weighted by Gasteiger charge is 2.23. The first kappa shape index (κ1) is 14.5. The molecule has 0 amide bonds. The molecular weight excluding hydrogens is 296 g/mol. The van der Waals surface area contributed by atoms with E-state index in [0.717, 1.165) is 21.3 Å². The maximum Gasteiger partial charge on any atom is 0.214 e. The number of ether oxygens (including phenoxy) is 1. The molecule has 0 saturated heterocycles. The van der Waals surface area contributed by atoms with Gasteiger partial charge >= 0.3 is 0 Å². The van der Waals surface area contributed by atoms with Crippen LogP contribution in [0.2, 0.25) is 0 Å². The molecule has 5 nitrogen and oxygen atoms in total. The summed E-state index contributed by atoms with van der Waals surface area (Å²) in [6, 6.07) is 9.76. The molecule has 0 atom stereocenters. The molecule has 0 N–H and O–H groups in total. The van der Waals surface area contributed by atoms with Crippen molar-refractivity contribution >= 4 is 16.3 Å². The topological polar surface area (TPSA) is 63.2 Å². The van der Waals surface area contributed by atoms with E-state index in [9.17, 15) is 5.26 Å². The Hall–Kier alpha value is -2.39. The van der Waals surface area contributed by atoms with Gasteiger partial charge in [-0.05, 0) is 12.1 Å². The first-order valence-corrected chi connectivity index (χ1v) is 7.70. The van der Waals surface area contributed by atoms with Gasteiger partial charge in [0.25, 0.3) is 0 Å². The summed E-state index contributed by atoms with van der Waals surface area (Å²) in [5.41, 5.74) is 1.88. The van der Waals surface area contributed by atoms with Crippen molar-refractivity contribution in [2.45, 2.75) is 26.2 Å². The number of hydrogen-bond donors (Lipinski definition) is 0. The fourth-order valence-electron chi connectivity index (χ4n) is 2.12. The van der Waals surface area contributed by atoms with E-state index in [1.165, 1.54) is 11.3 Å². The fraction of sp³-hybridized carbons (Fsp3) is 0.312. The van der Waals surface area contributed by atoms with Crippen LogP contribution in [0.15, 0.2) is 24.3 Å². The largest absolute Gasteiger partial charge is 0.497 e. The first-order valence-electron chi connectivity index (χ1n) is 6.88. The minimum absolute atomic E-state index is 0.0613. The van der Waals surface area contributed by atoms with E-state index in [1.807, 2.05) is 24.3 Å². The van der Waals surface area contributed by atoms with E-state index >= 15 is 0 Å². The van der Waals surface area contributed by atoms with Crippen molar-refractivity contribution in [3.05, 3.63) is 35.0 Å². The Morgan fingerprint density at radius 2 is 2.09 bits per heavy atom. The van der Waals surface area contributed by atoms with Crippen molar-refractivity contribution in [3.8, 4) is 23.1 Å². The van der Waals surface area contributed by atoms with Crippen LogP contribution in [0.3, 0.4) is 0 Å². The van der Waals surface area contributed by atoms with Gasteiger partial charge in [-0.3, -0.25) is 0 Å². The summed E-state index contributed by atoms with van der Waals surface area (Å²) in [6.45, 7) is 6.29. The van der Waals surface area contributed by atoms with Crippen LogP contribution in [0.1, 0.15) is 31.5 Å². The quantitative estimate of drug-likeness (QED) is 0.725. The van der Waals surface area contributed by atoms with Gasteiger partial charge < -0.3 is 4.74 Å². The summed E-state index contributed by atoms with van der Waals surface area (Å²) in [5, 5.41) is 15.1. The van der Waals surface area contributed by atoms with Crippen molar-refractivity contribution in [2.24, 2.45) is 0 Å². The number of nitriles is 1. The average Bonchev–Trinajstić information content (AvgIpc) is 3.04. The van der Waals surface area contributed by atoms with Crippen molar-refractivity contribution in [2.75, 3.05) is 7.11 Å². The summed E-state index contributed by atoms with van der Waals surface area (Å²) in [7, 11) is 1.62. The fourth-order valence-corrected chi connectivity index (χ4v) is 3.08. The molecule has 3 aromatic rings. The molecular formula is C16H16N4OS. The maximum atomic E-state index is 9.53. The lowest BCUT2D eigenvalue weighted by Gasteiger charge is -2.12. The highest BCUT2D eigenvalue weighted by molar-refractivity contribution is 7.16. The smallest absolute Gasteiger partial charge is 0.214 e. The van der Waals surface area contributed by atoms with Gasteiger partial charge in [0.2, 0.25) is 4.96 Å². The van der Waals surface area contributed by atoms with Crippen LogP contribution in [-0.4, -0.2) is 21.7 Å². The second-order valence-corrected chi connectivity index (χ2v) is 6.96. The van der Waals surface area contributed by atoms with Crippen molar-refractivity contribution in [1.82, 2.24) is 14.6 Å². The summed E-state index contributed by atoms with van der Waals surface area (Å²) in [5.74, 6) is 0.737. The van der Waals surface area contributed by atoms with E-state index in [4.69, 9.17) is 4.74 Å². The third-order valence-electron chi connectivity index (χ3n) is 3.29. The summed E-state index contributed by atoms with van der Waals surface area (Å²) < 4.78 is 6.88. The summed E-state index contributed by atoms with van der Waals surface area (Å²) in [6.07, 6.45) is 0. The van der Waals surface area contributed by atoms with E-state index in [2.05, 4.69) is 36.9 Å². The Balaban J connectivity index is 2.19. The van der Waals surface area contributed by atoms with Crippen LogP contribution < -0.4 is 4.74 Å². The van der Waals surface area contributed by atoms with Crippen LogP contribution in [-0.2, 0) is 5.41 Å². The average molecular weight is 312 g/mol. The molecule has 0 radical (unpaired) electrons. The molecule has 0 unspecified atom stereocenters. The molecule has 2 aromatic heterocycles. The maximum absolute atomic E-state index is 9.53. The lowest BCUT2D eigenvalue weighted by molar-refractivity contribution is 0.415. The number of methoxy groups -OCH3 is 1. The van der Waals surface area contributed by atoms with E-state index in [0.29, 0.717) is 11.4 Å². The molecule has 112 valence electrons. The van der Waals surface area contributed by atoms with Gasteiger partial charge in [0.15, 0.2) is 5.69 Å². The van der Waals surface area contributed by atoms with E-state index in [1.54, 1.807) is 11.6 Å². The molecule has 3 rings (SSSR count). The Bertz CT molecular complexity index is 880. The second kappa shape index (κ2) is 5.11. The lowest BCUT2D eigenvalue weighted by Crippen LogP contribution is -2.11. The number of rotatable bonds is 2. The molecule has 0 aliphatic heterocycles. The number of fused-ring (bicyclic) bond motifs is 1. The second-order valence-electron chi connectivity index (χ2n) is 6.00. The zero-order chi connectivity index (χ0) is 15.9. The Kier molecular flexibility index (Phi) is 3.38. The molecule has 0 bridgehead atoms. The first-order chi connectivity index (χ1) is 10.4. The van der Waals surface area contributed by atoms with Gasteiger partial charge in [0.1, 0.15) is 22.5 Å². The molecule has 0 aliphatic rings. The predicted octanol–water partition coefficient (Wildman–Crippen LogP) is 3.64. The highest BCUT2D eigenvalue weighted by Crippen LogP contribution is 2.32. The SMILES string of the molecule is COc1cccc(-c2nc3sc(C(C)(C)C)nn3c2C#N)c1. The monoisotopic (exact) mass is 312 g/mol. The standard InChI is InChI=1S/C16H16N4OS/c1-16(2,3)14-19-20-12(9-17)13(18-15(20)22-14)10-6-5-7-11(8-10)21-4/h5-8H,1-4H3. The van der Waals surface area contributed by atoms with Crippen LogP contribution in [0.5, 0.6) is 5.75 Å². The van der Waals surface area contributed by atoms with Crippen LogP contribution >= 0.6 is 11.3 Å². The number of hydrogen-bond acceptors (Lipinski definition) is 5. The molecule has 0 aliphatic carbocycles. The number of nitrogens with zero attached hydrogens (tertiary/aromatic N) is 4. The van der Waals surface area contributed by atoms with Gasteiger partial charge in [-0.15, -0.1) is 0 Å². The van der Waals surface area contributed by atoms with Gasteiger partial charge in [-0.1, -0.05) is 44.2 Å². The minimum atomic E-state index is -0.0613. The van der Waals surface area contributed by atoms with Crippen molar-refractivity contribution in [1.29, 1.82) is 5.26 Å². The van der Waals surface area contributed by atoms with Crippen LogP contribution in [0, 0.1) is 11.3 Å². The predicted molar refractivity (Wildman–Crippen MR) is 86.3 cm³/mol. The normalized spacial score (nSPS) is 11.6. The van der Waals surface area contributed by atoms with Gasteiger partial charge in [0.05, 0.1) is 7.11 Å². The van der Waals surface area contributed by atoms with Crippen LogP contribution in [0.25, 0.3) is 16.2 Å². The van der Waals surface area contributed by atoms with Crippen molar-refractivity contribution < 1.29 is 4.74 Å². The summed E-state index contributed by atoms with van der Waals surface area (Å²) in [4.78, 5) is 5.34. The molecule has 0 spiro atoms. The highest BCUT2D eigenvalue weighted by atomic mass is 32.1. The van der Waals surface area contributed by atoms with Crippen molar-refractivity contribution in [3.63, 3.8) is 0 Å². The minimum Gasteiger partial charge on any atom is -0.497 e. The van der Waals surface area contributed by atoms with E-state index in [-0.39, 0.29) is 5.41 Å². The number of benzene rings is 1. The van der Waals surface area contributed by atoms with Crippen LogP contribution in [0.4, 0.5) is 0 Å². The molecule has 0 saturated carbocycles. The Labute approximate surface area is 132 Å². The molecule has 22 heavy (non-hydrogen) atoms. The van der Waals surface area contributed by atoms with E-state index < -0.39 is 0 Å². The van der Waals surface area contributed by atoms with Gasteiger partial charge in [-0.25, -0.2) is 4.98 Å². The summed E-state index contributed by atoms with van der Waals surface area (Å²) >= 11 is 1.52. The molecule has 6 heteroatoms. The Morgan fingerprint density at radius 1 is 1.32 bits per heavy atom. The Morgan fingerprint density at radius 3 is 2.73 bits per heavy atom. The molecule has 2 heterocycles.